The summed E-state index contributed by atoms with van der Waals surface area (Å²) in [7, 11) is 4.76. The molecule has 0 aliphatic carbocycles. The van der Waals surface area contributed by atoms with Crippen molar-refractivity contribution in [3.05, 3.63) is 53.6 Å². The number of ether oxygens (including phenoxy) is 3. The Morgan fingerprint density at radius 1 is 1.00 bits per heavy atom. The van der Waals surface area contributed by atoms with Gasteiger partial charge in [-0.05, 0) is 24.3 Å². The maximum absolute atomic E-state index is 13.1. The van der Waals surface area contributed by atoms with Crippen LogP contribution < -0.4 is 19.5 Å². The zero-order chi connectivity index (χ0) is 18.5. The first-order valence-corrected chi connectivity index (χ1v) is 8.56. The van der Waals surface area contributed by atoms with Crippen LogP contribution in [0.1, 0.15) is 22.0 Å². The minimum absolute atomic E-state index is 0.00828. The van der Waals surface area contributed by atoms with Crippen molar-refractivity contribution in [1.82, 2.24) is 10.2 Å². The fourth-order valence-corrected chi connectivity index (χ4v) is 3.36. The maximum atomic E-state index is 13.1. The molecule has 3 rings (SSSR count). The lowest BCUT2D eigenvalue weighted by Crippen LogP contribution is -2.48. The summed E-state index contributed by atoms with van der Waals surface area (Å²) in [5.41, 5.74) is 1.57. The number of piperazine rings is 1. The summed E-state index contributed by atoms with van der Waals surface area (Å²) < 4.78 is 16.5. The number of amides is 1. The molecule has 2 aromatic rings. The van der Waals surface area contributed by atoms with Gasteiger partial charge in [-0.1, -0.05) is 18.2 Å². The highest BCUT2D eigenvalue weighted by Crippen LogP contribution is 2.43. The predicted molar refractivity (Wildman–Crippen MR) is 99.2 cm³/mol. The van der Waals surface area contributed by atoms with Crippen LogP contribution in [0.3, 0.4) is 0 Å². The van der Waals surface area contributed by atoms with E-state index in [4.69, 9.17) is 14.2 Å². The second kappa shape index (κ2) is 8.10. The van der Waals surface area contributed by atoms with Crippen LogP contribution in [0.25, 0.3) is 0 Å². The highest BCUT2D eigenvalue weighted by Gasteiger charge is 2.32. The molecule has 26 heavy (non-hydrogen) atoms. The van der Waals surface area contributed by atoms with Crippen molar-refractivity contribution in [3.8, 4) is 17.2 Å². The van der Waals surface area contributed by atoms with Gasteiger partial charge >= 0.3 is 0 Å². The van der Waals surface area contributed by atoms with Crippen LogP contribution in [-0.4, -0.2) is 51.8 Å². The molecule has 6 heteroatoms. The van der Waals surface area contributed by atoms with E-state index in [0.29, 0.717) is 35.9 Å². The van der Waals surface area contributed by atoms with Crippen molar-refractivity contribution in [2.45, 2.75) is 6.04 Å². The third kappa shape index (κ3) is 3.32. The van der Waals surface area contributed by atoms with E-state index in [0.717, 1.165) is 12.1 Å². The number of nitrogens with zero attached hydrogens (tertiary/aromatic N) is 1. The van der Waals surface area contributed by atoms with Crippen LogP contribution in [0, 0.1) is 0 Å². The molecule has 0 spiro atoms. The first kappa shape index (κ1) is 18.1. The van der Waals surface area contributed by atoms with E-state index in [2.05, 4.69) is 5.32 Å². The molecule has 1 fully saturated rings. The molecule has 1 aliphatic rings. The lowest BCUT2D eigenvalue weighted by molar-refractivity contribution is 0.0631. The van der Waals surface area contributed by atoms with Crippen LogP contribution in [-0.2, 0) is 0 Å². The fourth-order valence-electron chi connectivity index (χ4n) is 3.36. The van der Waals surface area contributed by atoms with E-state index in [9.17, 15) is 4.79 Å². The topological polar surface area (TPSA) is 60.0 Å². The monoisotopic (exact) mass is 356 g/mol. The molecule has 1 amide bonds. The summed E-state index contributed by atoms with van der Waals surface area (Å²) in [6.07, 6.45) is 0. The number of nitrogens with one attached hydrogen (secondary N) is 1. The molecule has 0 bridgehead atoms. The normalized spacial score (nSPS) is 16.9. The van der Waals surface area contributed by atoms with Crippen molar-refractivity contribution in [3.63, 3.8) is 0 Å². The van der Waals surface area contributed by atoms with E-state index in [1.165, 1.54) is 0 Å². The first-order valence-electron chi connectivity index (χ1n) is 8.56. The van der Waals surface area contributed by atoms with Gasteiger partial charge in [0, 0.05) is 30.8 Å². The van der Waals surface area contributed by atoms with Crippen molar-refractivity contribution in [2.24, 2.45) is 0 Å². The Hall–Kier alpha value is -2.73. The van der Waals surface area contributed by atoms with Gasteiger partial charge in [0.05, 0.1) is 27.4 Å². The summed E-state index contributed by atoms with van der Waals surface area (Å²) in [6, 6.07) is 13.0. The fraction of sp³-hybridized carbons (Fsp3) is 0.350. The van der Waals surface area contributed by atoms with Crippen LogP contribution in [0.15, 0.2) is 42.5 Å². The predicted octanol–water partition coefficient (Wildman–Crippen LogP) is 2.50. The van der Waals surface area contributed by atoms with Gasteiger partial charge in [-0.3, -0.25) is 4.79 Å². The summed E-state index contributed by atoms with van der Waals surface area (Å²) in [5, 5.41) is 3.37. The molecule has 2 aromatic carbocycles. The third-order valence-corrected chi connectivity index (χ3v) is 4.62. The van der Waals surface area contributed by atoms with E-state index >= 15 is 0 Å². The number of benzene rings is 2. The summed E-state index contributed by atoms with van der Waals surface area (Å²) in [5.74, 6) is 1.73. The van der Waals surface area contributed by atoms with Crippen molar-refractivity contribution < 1.29 is 19.0 Å². The molecule has 1 atom stereocenters. The first-order chi connectivity index (χ1) is 12.7. The molecule has 1 saturated heterocycles. The average molecular weight is 356 g/mol. The Kier molecular flexibility index (Phi) is 5.63. The van der Waals surface area contributed by atoms with E-state index in [-0.39, 0.29) is 11.9 Å². The molecular weight excluding hydrogens is 332 g/mol. The molecule has 138 valence electrons. The highest BCUT2D eigenvalue weighted by atomic mass is 16.5. The minimum Gasteiger partial charge on any atom is -0.493 e. The second-order valence-electron chi connectivity index (χ2n) is 6.01. The van der Waals surface area contributed by atoms with E-state index < -0.39 is 0 Å². The highest BCUT2D eigenvalue weighted by molar-refractivity contribution is 5.94. The number of rotatable bonds is 5. The van der Waals surface area contributed by atoms with Crippen molar-refractivity contribution in [1.29, 1.82) is 0 Å². The van der Waals surface area contributed by atoms with Crippen LogP contribution in [0.2, 0.25) is 0 Å². The van der Waals surface area contributed by atoms with Crippen LogP contribution >= 0.6 is 0 Å². The summed E-state index contributed by atoms with van der Waals surface area (Å²) in [4.78, 5) is 14.9. The Morgan fingerprint density at radius 2 is 1.73 bits per heavy atom. The molecule has 1 aliphatic heterocycles. The van der Waals surface area contributed by atoms with Crippen LogP contribution in [0.4, 0.5) is 0 Å². The van der Waals surface area contributed by atoms with Crippen LogP contribution in [0.5, 0.6) is 17.2 Å². The van der Waals surface area contributed by atoms with E-state index in [1.54, 1.807) is 21.3 Å². The number of carbonyl (C=O) groups excluding carboxylic acids is 1. The molecule has 1 unspecified atom stereocenters. The number of methoxy groups -OCH3 is 3. The molecule has 1 N–H and O–H groups in total. The SMILES string of the molecule is COc1ccc(C2CNCCN2C(=O)c2ccccc2)c(OC)c1OC. The molecule has 1 heterocycles. The maximum Gasteiger partial charge on any atom is 0.254 e. The van der Waals surface area contributed by atoms with Crippen molar-refractivity contribution in [2.75, 3.05) is 41.0 Å². The van der Waals surface area contributed by atoms with Gasteiger partial charge in [-0.25, -0.2) is 0 Å². The molecule has 6 nitrogen and oxygen atoms in total. The second-order valence-corrected chi connectivity index (χ2v) is 6.01. The Bertz CT molecular complexity index is 764. The van der Waals surface area contributed by atoms with Gasteiger partial charge in [0.15, 0.2) is 11.5 Å². The number of carbonyl (C=O) groups is 1. The quantitative estimate of drug-likeness (QED) is 0.892. The standard InChI is InChI=1S/C20H24N2O4/c1-24-17-10-9-15(18(25-2)19(17)26-3)16-13-21-11-12-22(16)20(23)14-7-5-4-6-8-14/h4-10,16,21H,11-13H2,1-3H3. The summed E-state index contributed by atoms with van der Waals surface area (Å²) >= 11 is 0. The molecule has 0 radical (unpaired) electrons. The summed E-state index contributed by atoms with van der Waals surface area (Å²) in [6.45, 7) is 2.02. The van der Waals surface area contributed by atoms with Gasteiger partial charge in [0.1, 0.15) is 0 Å². The number of hydrogen-bond acceptors (Lipinski definition) is 5. The van der Waals surface area contributed by atoms with Gasteiger partial charge in [-0.2, -0.15) is 0 Å². The number of hydrogen-bond donors (Lipinski definition) is 1. The van der Waals surface area contributed by atoms with Gasteiger partial charge in [0.2, 0.25) is 5.75 Å². The van der Waals surface area contributed by atoms with Gasteiger partial charge in [-0.15, -0.1) is 0 Å². The van der Waals surface area contributed by atoms with Gasteiger partial charge < -0.3 is 24.4 Å². The third-order valence-electron chi connectivity index (χ3n) is 4.62. The lowest BCUT2D eigenvalue weighted by Gasteiger charge is -2.37. The largest absolute Gasteiger partial charge is 0.493 e. The molecule has 0 aromatic heterocycles. The zero-order valence-corrected chi connectivity index (χ0v) is 15.3. The lowest BCUT2D eigenvalue weighted by atomic mass is 10.00. The smallest absolute Gasteiger partial charge is 0.254 e. The molecule has 0 saturated carbocycles. The van der Waals surface area contributed by atoms with Crippen molar-refractivity contribution >= 4 is 5.91 Å². The average Bonchev–Trinajstić information content (AvgIpc) is 2.72. The van der Waals surface area contributed by atoms with E-state index in [1.807, 2.05) is 47.4 Å². The van der Waals surface area contributed by atoms with Gasteiger partial charge in [0.25, 0.3) is 5.91 Å². The Balaban J connectivity index is 2.02. The zero-order valence-electron chi connectivity index (χ0n) is 15.3. The Labute approximate surface area is 153 Å². The minimum atomic E-state index is -0.161. The molecular formula is C20H24N2O4. The Morgan fingerprint density at radius 3 is 2.38 bits per heavy atom.